The van der Waals surface area contributed by atoms with Gasteiger partial charge in [-0.05, 0) is 85.0 Å². The lowest BCUT2D eigenvalue weighted by atomic mass is 9.55. The average Bonchev–Trinajstić information content (AvgIpc) is 3.38. The summed E-state index contributed by atoms with van der Waals surface area (Å²) in [5, 5.41) is 12.6. The van der Waals surface area contributed by atoms with Crippen molar-refractivity contribution in [1.29, 1.82) is 0 Å². The average molecular weight is 499 g/mol. The monoisotopic (exact) mass is 498 g/mol. The summed E-state index contributed by atoms with van der Waals surface area (Å²) < 4.78 is 22.4. The Morgan fingerprint density at radius 1 is 1.05 bits per heavy atom. The zero-order valence-electron chi connectivity index (χ0n) is 21.2. The first-order valence-corrected chi connectivity index (χ1v) is 13.4. The van der Waals surface area contributed by atoms with Gasteiger partial charge < -0.3 is 14.4 Å². The van der Waals surface area contributed by atoms with Crippen molar-refractivity contribution in [2.45, 2.75) is 57.5 Å². The Morgan fingerprint density at radius 2 is 1.92 bits per heavy atom. The molecule has 3 aliphatic carbocycles. The third-order valence-electron chi connectivity index (χ3n) is 9.56. The van der Waals surface area contributed by atoms with Crippen molar-refractivity contribution in [2.24, 2.45) is 24.3 Å². The van der Waals surface area contributed by atoms with Gasteiger partial charge in [0, 0.05) is 24.0 Å². The molecular weight excluding hydrogens is 467 g/mol. The van der Waals surface area contributed by atoms with Crippen LogP contribution in [0.5, 0.6) is 11.8 Å². The van der Waals surface area contributed by atoms with Gasteiger partial charge in [-0.3, -0.25) is 0 Å². The van der Waals surface area contributed by atoms with Crippen molar-refractivity contribution in [2.75, 3.05) is 0 Å². The maximum atomic E-state index is 14.5. The van der Waals surface area contributed by atoms with Gasteiger partial charge in [-0.2, -0.15) is 14.4 Å². The highest BCUT2D eigenvalue weighted by Gasteiger charge is 2.54. The van der Waals surface area contributed by atoms with Crippen LogP contribution in [0.25, 0.3) is 22.3 Å². The van der Waals surface area contributed by atoms with Gasteiger partial charge in [-0.25, -0.2) is 0 Å². The second-order valence-corrected chi connectivity index (χ2v) is 11.4. The summed E-state index contributed by atoms with van der Waals surface area (Å²) >= 11 is 0. The summed E-state index contributed by atoms with van der Waals surface area (Å²) in [6, 6.07) is 14.1. The quantitative estimate of drug-likeness (QED) is 0.365. The molecule has 7 heteroatoms. The SMILES string of the molecule is Cn1cc2ccccc2c1-c1nc(F)nc(Oc2ccc3c(c2)CC[C@@H]2[C@@H]3CC[C@]3(C)C(O)CC[C@@H]23)n1. The number of rotatable bonds is 3. The molecule has 1 unspecified atom stereocenters. The second-order valence-electron chi connectivity index (χ2n) is 11.4. The Hall–Kier alpha value is -3.32. The van der Waals surface area contributed by atoms with Gasteiger partial charge in [0.15, 0.2) is 5.82 Å². The molecule has 190 valence electrons. The lowest BCUT2D eigenvalue weighted by Crippen LogP contribution is -2.43. The van der Waals surface area contributed by atoms with Crippen molar-refractivity contribution in [1.82, 2.24) is 19.5 Å². The van der Waals surface area contributed by atoms with Crippen LogP contribution in [-0.2, 0) is 13.5 Å². The molecule has 6 nitrogen and oxygen atoms in total. The number of aliphatic hydroxyl groups is 1. The van der Waals surface area contributed by atoms with Crippen LogP contribution in [0.4, 0.5) is 4.39 Å². The smallest absolute Gasteiger partial charge is 0.328 e. The molecule has 0 saturated heterocycles. The van der Waals surface area contributed by atoms with Crippen molar-refractivity contribution in [3.8, 4) is 23.3 Å². The van der Waals surface area contributed by atoms with Gasteiger partial charge in [-0.1, -0.05) is 37.3 Å². The highest BCUT2D eigenvalue weighted by atomic mass is 19.1. The summed E-state index contributed by atoms with van der Waals surface area (Å²) in [7, 11) is 1.90. The predicted molar refractivity (Wildman–Crippen MR) is 139 cm³/mol. The van der Waals surface area contributed by atoms with Crippen LogP contribution in [0.3, 0.4) is 0 Å². The molecule has 2 aromatic carbocycles. The van der Waals surface area contributed by atoms with Gasteiger partial charge in [0.2, 0.25) is 0 Å². The van der Waals surface area contributed by atoms with Crippen LogP contribution in [0.15, 0.2) is 48.7 Å². The van der Waals surface area contributed by atoms with E-state index >= 15 is 0 Å². The molecule has 0 amide bonds. The molecule has 1 N–H and O–H groups in total. The molecule has 2 fully saturated rings. The first kappa shape index (κ1) is 22.8. The van der Waals surface area contributed by atoms with Gasteiger partial charge in [0.05, 0.1) is 11.8 Å². The maximum Gasteiger partial charge on any atom is 0.328 e. The Morgan fingerprint density at radius 3 is 2.81 bits per heavy atom. The number of hydrogen-bond acceptors (Lipinski definition) is 5. The van der Waals surface area contributed by atoms with E-state index in [-0.39, 0.29) is 23.4 Å². The molecule has 5 atom stereocenters. The minimum Gasteiger partial charge on any atom is -0.424 e. The number of aliphatic hydroxyl groups excluding tert-OH is 1. The molecule has 2 heterocycles. The number of halogens is 1. The molecule has 0 spiro atoms. The Bertz CT molecular complexity index is 1520. The zero-order valence-corrected chi connectivity index (χ0v) is 21.2. The fourth-order valence-corrected chi connectivity index (χ4v) is 7.75. The van der Waals surface area contributed by atoms with E-state index in [2.05, 4.69) is 34.0 Å². The van der Waals surface area contributed by atoms with Crippen LogP contribution in [-0.4, -0.2) is 30.7 Å². The molecular formula is C30H31FN4O2. The van der Waals surface area contributed by atoms with E-state index in [9.17, 15) is 9.50 Å². The lowest BCUT2D eigenvalue weighted by molar-refractivity contribution is -0.0226. The fraction of sp³-hybridized carbons (Fsp3) is 0.433. The molecule has 3 aliphatic rings. The van der Waals surface area contributed by atoms with E-state index < -0.39 is 6.08 Å². The van der Waals surface area contributed by atoms with E-state index in [0.29, 0.717) is 23.5 Å². The number of aryl methyl sites for hydroxylation is 2. The van der Waals surface area contributed by atoms with Crippen molar-refractivity contribution >= 4 is 10.8 Å². The topological polar surface area (TPSA) is 73.1 Å². The van der Waals surface area contributed by atoms with Crippen LogP contribution >= 0.6 is 0 Å². The highest BCUT2D eigenvalue weighted by Crippen LogP contribution is 2.61. The summed E-state index contributed by atoms with van der Waals surface area (Å²) in [5.74, 6) is 2.63. The molecule has 7 rings (SSSR count). The van der Waals surface area contributed by atoms with Gasteiger partial charge >= 0.3 is 12.1 Å². The van der Waals surface area contributed by atoms with Crippen LogP contribution in [0.1, 0.15) is 56.1 Å². The van der Waals surface area contributed by atoms with Crippen LogP contribution in [0.2, 0.25) is 0 Å². The van der Waals surface area contributed by atoms with E-state index in [1.165, 1.54) is 11.1 Å². The molecule has 37 heavy (non-hydrogen) atoms. The van der Waals surface area contributed by atoms with Gasteiger partial charge in [0.25, 0.3) is 0 Å². The molecule has 0 radical (unpaired) electrons. The third-order valence-corrected chi connectivity index (χ3v) is 9.56. The Labute approximate surface area is 215 Å². The number of benzene rings is 2. The van der Waals surface area contributed by atoms with Crippen molar-refractivity contribution in [3.05, 3.63) is 65.9 Å². The van der Waals surface area contributed by atoms with Crippen molar-refractivity contribution in [3.63, 3.8) is 0 Å². The summed E-state index contributed by atoms with van der Waals surface area (Å²) in [6.45, 7) is 2.30. The maximum absolute atomic E-state index is 14.5. The minimum atomic E-state index is -0.866. The van der Waals surface area contributed by atoms with E-state index in [4.69, 9.17) is 4.74 Å². The molecule has 0 bridgehead atoms. The number of aromatic nitrogens is 4. The first-order chi connectivity index (χ1) is 17.9. The number of nitrogens with zero attached hydrogens (tertiary/aromatic N) is 4. The zero-order chi connectivity index (χ0) is 25.3. The minimum absolute atomic E-state index is 0.0465. The Balaban J connectivity index is 1.18. The van der Waals surface area contributed by atoms with E-state index in [1.807, 2.05) is 48.1 Å². The number of ether oxygens (including phenoxy) is 1. The van der Waals surface area contributed by atoms with Crippen LogP contribution in [0, 0.1) is 23.3 Å². The van der Waals surface area contributed by atoms with E-state index in [0.717, 1.165) is 55.0 Å². The Kier molecular flexibility index (Phi) is 5.15. The fourth-order valence-electron chi connectivity index (χ4n) is 7.75. The van der Waals surface area contributed by atoms with Crippen LogP contribution < -0.4 is 4.74 Å². The number of hydrogen-bond donors (Lipinski definition) is 1. The molecule has 2 saturated carbocycles. The molecule has 0 aliphatic heterocycles. The third kappa shape index (κ3) is 3.58. The molecule has 2 aromatic heterocycles. The largest absolute Gasteiger partial charge is 0.424 e. The van der Waals surface area contributed by atoms with E-state index in [1.54, 1.807) is 0 Å². The normalized spacial score (nSPS) is 28.5. The lowest BCUT2D eigenvalue weighted by Gasteiger charge is -2.50. The first-order valence-electron chi connectivity index (χ1n) is 13.4. The predicted octanol–water partition coefficient (Wildman–Crippen LogP) is 6.18. The standard InChI is InChI=1S/C30H31FN4O2/c1-30-14-13-22-20-10-8-19(15-17(20)7-9-23(22)24(30)11-12-25(30)36)37-29-33-27(32-28(31)34-29)26-21-6-4-3-5-18(21)16-35(26)2/h3-6,8,10,15-16,22-25,36H,7,9,11-14H2,1-2H3/t22-,23-,24+,25?,30+/m1/s1. The second kappa shape index (κ2) is 8.35. The van der Waals surface area contributed by atoms with Gasteiger partial charge in [-0.15, -0.1) is 4.98 Å². The highest BCUT2D eigenvalue weighted by molar-refractivity contribution is 5.94. The summed E-state index contributed by atoms with van der Waals surface area (Å²) in [4.78, 5) is 12.3. The van der Waals surface area contributed by atoms with Crippen molar-refractivity contribution < 1.29 is 14.2 Å². The number of fused-ring (bicyclic) bond motifs is 6. The summed E-state index contributed by atoms with van der Waals surface area (Å²) in [5.41, 5.74) is 3.50. The van der Waals surface area contributed by atoms with Gasteiger partial charge in [0.1, 0.15) is 5.75 Å². The summed E-state index contributed by atoms with van der Waals surface area (Å²) in [6.07, 6.45) is 7.36. The molecule has 4 aromatic rings.